The average molecular weight is 373 g/mol. The average Bonchev–Trinajstić information content (AvgIpc) is 3.31. The maximum Gasteiger partial charge on any atom is 0.311 e. The normalized spacial score (nSPS) is 44.9. The molecule has 7 atom stereocenters. The van der Waals surface area contributed by atoms with Gasteiger partial charge in [-0.05, 0) is 42.9 Å². The number of rotatable bonds is 4. The highest BCUT2D eigenvalue weighted by Gasteiger charge is 2.78. The van der Waals surface area contributed by atoms with Crippen LogP contribution in [-0.2, 0) is 20.8 Å². The van der Waals surface area contributed by atoms with Crippen molar-refractivity contribution in [2.45, 2.75) is 63.9 Å². The number of benzene rings is 1. The van der Waals surface area contributed by atoms with Crippen LogP contribution in [0.1, 0.15) is 45.1 Å². The van der Waals surface area contributed by atoms with Crippen molar-refractivity contribution in [3.05, 3.63) is 35.6 Å². The van der Waals surface area contributed by atoms with E-state index < -0.39 is 0 Å². The van der Waals surface area contributed by atoms with Crippen LogP contribution < -0.4 is 5.32 Å². The number of carbonyl (C=O) groups is 1. The Bertz CT molecular complexity index is 752. The Kier molecular flexibility index (Phi) is 3.93. The van der Waals surface area contributed by atoms with Gasteiger partial charge in [0.1, 0.15) is 17.5 Å². The lowest BCUT2D eigenvalue weighted by Gasteiger charge is -2.48. The zero-order chi connectivity index (χ0) is 18.8. The minimum Gasteiger partial charge on any atom is -0.462 e. The number of nitrogens with one attached hydrogen (secondary N) is 1. The summed E-state index contributed by atoms with van der Waals surface area (Å²) in [5.41, 5.74) is 1.10. The first kappa shape index (κ1) is 17.6. The van der Waals surface area contributed by atoms with Gasteiger partial charge in [-0.25, -0.2) is 4.39 Å². The summed E-state index contributed by atoms with van der Waals surface area (Å²) in [6, 6.07) is 6.47. The van der Waals surface area contributed by atoms with Crippen molar-refractivity contribution in [2.24, 2.45) is 23.2 Å². The molecule has 4 nitrogen and oxygen atoms in total. The van der Waals surface area contributed by atoms with Gasteiger partial charge in [0.05, 0.1) is 12.0 Å². The van der Waals surface area contributed by atoms with E-state index in [9.17, 15) is 9.18 Å². The standard InChI is InChI=1S/C22H28FNO3/c1-13-4-3-9-21(2)10-17-18(19-22(13,21)27-19)16(20(25)26-17)12-24-11-14-5-7-15(23)8-6-14/h5-8,13,16-19,24H,3-4,9-12H2,1-2H3/t13-,16+,17-,18+,19+,21+,22-/m1/s1. The first-order chi connectivity index (χ1) is 12.9. The van der Waals surface area contributed by atoms with Crippen molar-refractivity contribution in [1.29, 1.82) is 0 Å². The number of hydrogen-bond acceptors (Lipinski definition) is 4. The van der Waals surface area contributed by atoms with Gasteiger partial charge in [0.25, 0.3) is 0 Å². The smallest absolute Gasteiger partial charge is 0.311 e. The Morgan fingerprint density at radius 3 is 2.85 bits per heavy atom. The summed E-state index contributed by atoms with van der Waals surface area (Å²) >= 11 is 0. The topological polar surface area (TPSA) is 50.9 Å². The second kappa shape index (κ2) is 6.02. The molecule has 0 amide bonds. The Morgan fingerprint density at radius 2 is 2.07 bits per heavy atom. The monoisotopic (exact) mass is 373 g/mol. The predicted octanol–water partition coefficient (Wildman–Crippen LogP) is 3.44. The Labute approximate surface area is 159 Å². The van der Waals surface area contributed by atoms with Crippen molar-refractivity contribution >= 4 is 5.97 Å². The number of hydrogen-bond donors (Lipinski definition) is 1. The van der Waals surface area contributed by atoms with Crippen LogP contribution in [0.3, 0.4) is 0 Å². The van der Waals surface area contributed by atoms with E-state index >= 15 is 0 Å². The van der Waals surface area contributed by atoms with Gasteiger partial charge in [-0.2, -0.15) is 0 Å². The maximum atomic E-state index is 13.0. The summed E-state index contributed by atoms with van der Waals surface area (Å²) in [4.78, 5) is 12.6. The van der Waals surface area contributed by atoms with Crippen LogP contribution in [0.15, 0.2) is 24.3 Å². The first-order valence-electron chi connectivity index (χ1n) is 10.3. The molecule has 1 N–H and O–H groups in total. The van der Waals surface area contributed by atoms with Gasteiger partial charge in [0.15, 0.2) is 0 Å². The van der Waals surface area contributed by atoms with Crippen molar-refractivity contribution < 1.29 is 18.7 Å². The summed E-state index contributed by atoms with van der Waals surface area (Å²) in [6.07, 6.45) is 4.70. The molecule has 1 aromatic rings. The molecule has 4 aliphatic rings. The number of epoxide rings is 1. The zero-order valence-corrected chi connectivity index (χ0v) is 16.0. The quantitative estimate of drug-likeness (QED) is 0.649. The third-order valence-corrected chi connectivity index (χ3v) is 7.80. The first-order valence-corrected chi connectivity index (χ1v) is 10.3. The van der Waals surface area contributed by atoms with Crippen LogP contribution in [-0.4, -0.2) is 30.3 Å². The minimum absolute atomic E-state index is 0.00829. The zero-order valence-electron chi connectivity index (χ0n) is 16.0. The summed E-state index contributed by atoms with van der Waals surface area (Å²) in [5, 5.41) is 3.38. The molecule has 5 heteroatoms. The van der Waals surface area contributed by atoms with Gasteiger partial charge >= 0.3 is 5.97 Å². The molecule has 146 valence electrons. The number of esters is 1. The fourth-order valence-electron chi connectivity index (χ4n) is 6.44. The highest BCUT2D eigenvalue weighted by atomic mass is 19.1. The van der Waals surface area contributed by atoms with Crippen LogP contribution in [0.5, 0.6) is 0 Å². The molecule has 0 radical (unpaired) electrons. The van der Waals surface area contributed by atoms with Crippen molar-refractivity contribution in [2.75, 3.05) is 6.54 Å². The fourth-order valence-corrected chi connectivity index (χ4v) is 6.44. The lowest BCUT2D eigenvalue weighted by Crippen LogP contribution is -2.54. The van der Waals surface area contributed by atoms with Gasteiger partial charge in [-0.1, -0.05) is 32.4 Å². The summed E-state index contributed by atoms with van der Waals surface area (Å²) in [6.45, 7) is 5.86. The van der Waals surface area contributed by atoms with E-state index in [4.69, 9.17) is 9.47 Å². The predicted molar refractivity (Wildman–Crippen MR) is 98.3 cm³/mol. The Morgan fingerprint density at radius 1 is 1.30 bits per heavy atom. The van der Waals surface area contributed by atoms with E-state index in [0.29, 0.717) is 19.0 Å². The summed E-state index contributed by atoms with van der Waals surface area (Å²) in [5.74, 6) is 0.234. The van der Waals surface area contributed by atoms with Crippen LogP contribution in [0.4, 0.5) is 4.39 Å². The van der Waals surface area contributed by atoms with E-state index in [0.717, 1.165) is 12.0 Å². The molecule has 0 unspecified atom stereocenters. The SMILES string of the molecule is C[C@@H]1CCC[C@@]2(C)C[C@H]3OC(=O)[C@@H](CNCc4ccc(F)cc4)[C@@H]3[C@@H]3O[C@]132. The maximum absolute atomic E-state index is 13.0. The lowest BCUT2D eigenvalue weighted by molar-refractivity contribution is -0.146. The third-order valence-electron chi connectivity index (χ3n) is 7.80. The van der Waals surface area contributed by atoms with E-state index in [1.807, 2.05) is 0 Å². The van der Waals surface area contributed by atoms with E-state index in [-0.39, 0.29) is 46.8 Å². The number of fused-ring (bicyclic) bond motifs is 2. The molecular formula is C22H28FNO3. The van der Waals surface area contributed by atoms with Crippen LogP contribution in [0, 0.1) is 29.0 Å². The van der Waals surface area contributed by atoms with E-state index in [1.165, 1.54) is 31.4 Å². The molecular weight excluding hydrogens is 345 g/mol. The molecule has 0 bridgehead atoms. The molecule has 2 heterocycles. The second-order valence-corrected chi connectivity index (χ2v) is 9.31. The number of ether oxygens (including phenoxy) is 2. The van der Waals surface area contributed by atoms with Gasteiger partial charge in [0, 0.05) is 24.4 Å². The van der Waals surface area contributed by atoms with Gasteiger partial charge in [0.2, 0.25) is 0 Å². The molecule has 2 aliphatic heterocycles. The molecule has 4 fully saturated rings. The summed E-state index contributed by atoms with van der Waals surface area (Å²) < 4.78 is 25.3. The van der Waals surface area contributed by atoms with Crippen LogP contribution >= 0.6 is 0 Å². The minimum atomic E-state index is -0.232. The molecule has 2 aliphatic carbocycles. The lowest BCUT2D eigenvalue weighted by atomic mass is 9.53. The number of halogens is 1. The van der Waals surface area contributed by atoms with Gasteiger partial charge in [-0.3, -0.25) is 4.79 Å². The van der Waals surface area contributed by atoms with Crippen LogP contribution in [0.2, 0.25) is 0 Å². The molecule has 5 rings (SSSR count). The number of carbonyl (C=O) groups excluding carboxylic acids is 1. The van der Waals surface area contributed by atoms with E-state index in [1.54, 1.807) is 12.1 Å². The molecule has 1 aromatic carbocycles. The molecule has 0 aromatic heterocycles. The third kappa shape index (κ3) is 2.51. The van der Waals surface area contributed by atoms with Crippen molar-refractivity contribution in [3.8, 4) is 0 Å². The summed E-state index contributed by atoms with van der Waals surface area (Å²) in [7, 11) is 0. The Hall–Kier alpha value is -1.46. The molecule has 2 saturated heterocycles. The largest absolute Gasteiger partial charge is 0.462 e. The molecule has 1 spiro atoms. The Balaban J connectivity index is 1.30. The molecule has 2 saturated carbocycles. The van der Waals surface area contributed by atoms with Crippen molar-refractivity contribution in [1.82, 2.24) is 5.32 Å². The van der Waals surface area contributed by atoms with Crippen LogP contribution in [0.25, 0.3) is 0 Å². The van der Waals surface area contributed by atoms with E-state index in [2.05, 4.69) is 19.2 Å². The van der Waals surface area contributed by atoms with Crippen molar-refractivity contribution in [3.63, 3.8) is 0 Å². The van der Waals surface area contributed by atoms with Gasteiger partial charge < -0.3 is 14.8 Å². The highest BCUT2D eigenvalue weighted by molar-refractivity contribution is 5.76. The fraction of sp³-hybridized carbons (Fsp3) is 0.682. The highest BCUT2D eigenvalue weighted by Crippen LogP contribution is 2.70. The van der Waals surface area contributed by atoms with Gasteiger partial charge in [-0.15, -0.1) is 0 Å². The second-order valence-electron chi connectivity index (χ2n) is 9.31. The molecule has 27 heavy (non-hydrogen) atoms.